The van der Waals surface area contributed by atoms with Crippen molar-refractivity contribution in [2.24, 2.45) is 0 Å². The molecule has 112 valence electrons. The fourth-order valence-corrected chi connectivity index (χ4v) is 3.74. The second-order valence-electron chi connectivity index (χ2n) is 4.48. The summed E-state index contributed by atoms with van der Waals surface area (Å²) in [6.07, 6.45) is 0. The van der Waals surface area contributed by atoms with Gasteiger partial charge in [-0.15, -0.1) is 0 Å². The van der Waals surface area contributed by atoms with Gasteiger partial charge in [-0.05, 0) is 11.5 Å². The van der Waals surface area contributed by atoms with E-state index >= 15 is 0 Å². The maximum atomic E-state index is 12.7. The van der Waals surface area contributed by atoms with Crippen LogP contribution >= 0.6 is 0 Å². The first kappa shape index (κ1) is 15.5. The van der Waals surface area contributed by atoms with E-state index in [1.165, 1.54) is 7.11 Å². The van der Waals surface area contributed by atoms with E-state index in [2.05, 4.69) is 4.74 Å². The number of nitrogens with zero attached hydrogens (tertiary/aromatic N) is 1. The molecule has 0 heterocycles. The largest absolute Gasteiger partial charge is 0.468 e. The highest BCUT2D eigenvalue weighted by molar-refractivity contribution is 7.89. The number of ether oxygens (including phenoxy) is 1. The van der Waals surface area contributed by atoms with Crippen molar-refractivity contribution < 1.29 is 17.9 Å². The van der Waals surface area contributed by atoms with Gasteiger partial charge in [0.15, 0.2) is 0 Å². The van der Waals surface area contributed by atoms with Crippen LogP contribution in [0.5, 0.6) is 0 Å². The summed E-state index contributed by atoms with van der Waals surface area (Å²) < 4.78 is 31.2. The lowest BCUT2D eigenvalue weighted by Crippen LogP contribution is -2.36. The molecular weight excluding hydrogens is 290 g/mol. The second-order valence-corrected chi connectivity index (χ2v) is 6.39. The van der Waals surface area contributed by atoms with Crippen molar-refractivity contribution in [2.75, 3.05) is 20.2 Å². The fraction of sp³-hybridized carbons (Fsp3) is 0.267. The smallest absolute Gasteiger partial charge is 0.321 e. The van der Waals surface area contributed by atoms with Crippen LogP contribution in [0.2, 0.25) is 0 Å². The molecule has 0 fully saturated rings. The molecule has 0 aliphatic carbocycles. The molecule has 0 spiro atoms. The topological polar surface area (TPSA) is 63.7 Å². The highest BCUT2D eigenvalue weighted by Crippen LogP contribution is 2.25. The van der Waals surface area contributed by atoms with Gasteiger partial charge in [0.25, 0.3) is 0 Å². The molecule has 0 aromatic heterocycles. The Morgan fingerprint density at radius 2 is 1.81 bits per heavy atom. The van der Waals surface area contributed by atoms with E-state index in [1.54, 1.807) is 31.2 Å². The summed E-state index contributed by atoms with van der Waals surface area (Å²) >= 11 is 0. The average molecular weight is 307 g/mol. The molecule has 0 aliphatic rings. The van der Waals surface area contributed by atoms with E-state index in [0.717, 1.165) is 9.69 Å². The Hall–Kier alpha value is -1.92. The number of benzene rings is 2. The van der Waals surface area contributed by atoms with Gasteiger partial charge in [-0.25, -0.2) is 8.42 Å². The van der Waals surface area contributed by atoms with E-state index < -0.39 is 16.0 Å². The van der Waals surface area contributed by atoms with Crippen molar-refractivity contribution in [3.8, 4) is 0 Å². The van der Waals surface area contributed by atoms with Gasteiger partial charge in [-0.3, -0.25) is 4.79 Å². The van der Waals surface area contributed by atoms with Crippen molar-refractivity contribution in [3.63, 3.8) is 0 Å². The molecule has 2 rings (SSSR count). The molecule has 0 N–H and O–H groups in total. The summed E-state index contributed by atoms with van der Waals surface area (Å²) in [6, 6.07) is 12.4. The number of hydrogen-bond donors (Lipinski definition) is 0. The van der Waals surface area contributed by atoms with E-state index in [-0.39, 0.29) is 18.0 Å². The second kappa shape index (κ2) is 6.24. The molecule has 0 aliphatic heterocycles. The van der Waals surface area contributed by atoms with E-state index in [9.17, 15) is 13.2 Å². The quantitative estimate of drug-likeness (QED) is 0.793. The van der Waals surface area contributed by atoms with Crippen LogP contribution in [-0.2, 0) is 19.6 Å². The minimum absolute atomic E-state index is 0.195. The number of carbonyl (C=O) groups is 1. The molecule has 0 amide bonds. The molecule has 0 saturated heterocycles. The molecule has 0 atom stereocenters. The third kappa shape index (κ3) is 3.06. The predicted molar refractivity (Wildman–Crippen MR) is 80.4 cm³/mol. The highest BCUT2D eigenvalue weighted by atomic mass is 32.2. The van der Waals surface area contributed by atoms with Gasteiger partial charge in [0.2, 0.25) is 10.0 Å². The predicted octanol–water partition coefficient (Wildman–Crippen LogP) is 2.02. The summed E-state index contributed by atoms with van der Waals surface area (Å²) in [4.78, 5) is 11.6. The van der Waals surface area contributed by atoms with Gasteiger partial charge in [0.1, 0.15) is 6.54 Å². The highest BCUT2D eigenvalue weighted by Gasteiger charge is 2.27. The summed E-state index contributed by atoms with van der Waals surface area (Å²) in [5.41, 5.74) is 0. The van der Waals surface area contributed by atoms with Crippen molar-refractivity contribution in [1.82, 2.24) is 4.31 Å². The van der Waals surface area contributed by atoms with Crippen molar-refractivity contribution in [1.29, 1.82) is 0 Å². The molecule has 2 aromatic carbocycles. The number of esters is 1. The lowest BCUT2D eigenvalue weighted by atomic mass is 10.1. The van der Waals surface area contributed by atoms with Gasteiger partial charge in [-0.2, -0.15) is 4.31 Å². The average Bonchev–Trinajstić information content (AvgIpc) is 2.51. The Bertz CT molecular complexity index is 750. The van der Waals surface area contributed by atoms with Crippen molar-refractivity contribution >= 4 is 26.8 Å². The lowest BCUT2D eigenvalue weighted by Gasteiger charge is -2.20. The number of sulfonamides is 1. The minimum atomic E-state index is -3.75. The Morgan fingerprint density at radius 3 is 2.48 bits per heavy atom. The summed E-state index contributed by atoms with van der Waals surface area (Å²) in [6.45, 7) is 1.59. The maximum absolute atomic E-state index is 12.7. The normalized spacial score (nSPS) is 11.8. The first-order chi connectivity index (χ1) is 10.0. The Labute approximate surface area is 124 Å². The summed E-state index contributed by atoms with van der Waals surface area (Å²) in [7, 11) is -2.51. The van der Waals surface area contributed by atoms with Crippen LogP contribution in [0, 0.1) is 0 Å². The molecule has 0 radical (unpaired) electrons. The lowest BCUT2D eigenvalue weighted by molar-refractivity contribution is -0.140. The van der Waals surface area contributed by atoms with Crippen LogP contribution in [0.1, 0.15) is 6.92 Å². The van der Waals surface area contributed by atoms with Crippen LogP contribution < -0.4 is 0 Å². The number of fused-ring (bicyclic) bond motifs is 1. The van der Waals surface area contributed by atoms with E-state index in [0.29, 0.717) is 5.39 Å². The molecule has 21 heavy (non-hydrogen) atoms. The summed E-state index contributed by atoms with van der Waals surface area (Å²) in [5.74, 6) is -0.583. The van der Waals surface area contributed by atoms with Crippen LogP contribution in [-0.4, -0.2) is 38.9 Å². The molecular formula is C15H17NO4S. The first-order valence-corrected chi connectivity index (χ1v) is 7.99. The zero-order chi connectivity index (χ0) is 15.5. The SMILES string of the molecule is CCN(CC(=O)OC)S(=O)(=O)c1cccc2ccccc12. The Morgan fingerprint density at radius 1 is 1.14 bits per heavy atom. The Kier molecular flexibility index (Phi) is 4.59. The molecule has 0 saturated carbocycles. The first-order valence-electron chi connectivity index (χ1n) is 6.55. The van der Waals surface area contributed by atoms with Crippen LogP contribution in [0.3, 0.4) is 0 Å². The third-order valence-electron chi connectivity index (χ3n) is 3.25. The maximum Gasteiger partial charge on any atom is 0.321 e. The zero-order valence-corrected chi connectivity index (χ0v) is 12.8. The monoisotopic (exact) mass is 307 g/mol. The Balaban J connectivity index is 2.52. The van der Waals surface area contributed by atoms with Gasteiger partial charge in [0, 0.05) is 11.9 Å². The third-order valence-corrected chi connectivity index (χ3v) is 5.23. The molecule has 5 nitrogen and oxygen atoms in total. The minimum Gasteiger partial charge on any atom is -0.468 e. The van der Waals surface area contributed by atoms with Gasteiger partial charge in [0.05, 0.1) is 12.0 Å². The molecule has 2 aromatic rings. The fourth-order valence-electron chi connectivity index (χ4n) is 2.13. The van der Waals surface area contributed by atoms with Gasteiger partial charge in [-0.1, -0.05) is 43.3 Å². The van der Waals surface area contributed by atoms with Crippen molar-refractivity contribution in [2.45, 2.75) is 11.8 Å². The number of carbonyl (C=O) groups excluding carboxylic acids is 1. The molecule has 0 bridgehead atoms. The van der Waals surface area contributed by atoms with E-state index in [1.807, 2.05) is 18.2 Å². The summed E-state index contributed by atoms with van der Waals surface area (Å²) in [5, 5.41) is 1.48. The van der Waals surface area contributed by atoms with Crippen molar-refractivity contribution in [3.05, 3.63) is 42.5 Å². The van der Waals surface area contributed by atoms with Crippen LogP contribution in [0.15, 0.2) is 47.4 Å². The number of likely N-dealkylation sites (N-methyl/N-ethyl adjacent to an activating group) is 1. The molecule has 6 heteroatoms. The number of rotatable bonds is 5. The van der Waals surface area contributed by atoms with Gasteiger partial charge < -0.3 is 4.74 Å². The molecule has 0 unspecified atom stereocenters. The van der Waals surface area contributed by atoms with E-state index in [4.69, 9.17) is 0 Å². The number of methoxy groups -OCH3 is 1. The number of hydrogen-bond acceptors (Lipinski definition) is 4. The standard InChI is InChI=1S/C15H17NO4S/c1-3-16(11-15(17)20-2)21(18,19)14-10-6-8-12-7-4-5-9-13(12)14/h4-10H,3,11H2,1-2H3. The van der Waals surface area contributed by atoms with Crippen LogP contribution in [0.25, 0.3) is 10.8 Å². The zero-order valence-electron chi connectivity index (χ0n) is 11.9. The van der Waals surface area contributed by atoms with Crippen LogP contribution in [0.4, 0.5) is 0 Å². The van der Waals surface area contributed by atoms with Gasteiger partial charge >= 0.3 is 5.97 Å².